The van der Waals surface area contributed by atoms with Crippen LogP contribution in [-0.2, 0) is 30.4 Å². The molecule has 12 nitrogen and oxygen atoms in total. The molecule has 18 heteroatoms. The molecule has 38 heavy (non-hydrogen) atoms. The number of nitrogens with zero attached hydrogens (tertiary/aromatic N) is 2. The Morgan fingerprint density at radius 3 is 1.71 bits per heavy atom. The van der Waals surface area contributed by atoms with Crippen molar-refractivity contribution in [2.24, 2.45) is 10.2 Å². The summed E-state index contributed by atoms with van der Waals surface area (Å²) in [7, 11) is -15.1. The van der Waals surface area contributed by atoms with Crippen molar-refractivity contribution in [3.05, 3.63) is 60.7 Å². The van der Waals surface area contributed by atoms with Gasteiger partial charge < -0.3 is 18.8 Å². The number of rotatable bonds is 5. The third kappa shape index (κ3) is 7.43. The fraction of sp³-hybridized carbons (Fsp3) is 0. The first kappa shape index (κ1) is 35.6. The number of azo groups is 1. The first-order chi connectivity index (χ1) is 16.2. The molecule has 0 aliphatic heterocycles. The largest absolute Gasteiger partial charge is 1.00 e. The monoisotopic (exact) mass is 603 g/mol. The van der Waals surface area contributed by atoms with Crippen LogP contribution in [0.4, 0.5) is 11.4 Å². The van der Waals surface area contributed by atoms with E-state index >= 15 is 0 Å². The Bertz CT molecular complexity index is 1900. The Morgan fingerprint density at radius 2 is 1.16 bits per heavy atom. The van der Waals surface area contributed by atoms with Crippen LogP contribution in [0.2, 0.25) is 0 Å². The zero-order valence-electron chi connectivity index (χ0n) is 20.0. The summed E-state index contributed by atoms with van der Waals surface area (Å²) in [5, 5.41) is 20.2. The Labute approximate surface area is 283 Å². The smallest absolute Gasteiger partial charge is 0.870 e. The van der Waals surface area contributed by atoms with Crippen LogP contribution in [0.5, 0.6) is 5.75 Å². The first-order valence-corrected chi connectivity index (χ1v) is 13.5. The molecule has 0 N–H and O–H groups in total. The second-order valence-corrected chi connectivity index (χ2v) is 11.2. The number of hydrogen-bond donors (Lipinski definition) is 0. The fourth-order valence-electron chi connectivity index (χ4n) is 3.43. The maximum Gasteiger partial charge on any atom is 1.00 e. The van der Waals surface area contributed by atoms with Crippen molar-refractivity contribution in [2.45, 2.75) is 14.7 Å². The molecule has 4 aromatic carbocycles. The predicted octanol–water partition coefficient (Wildman–Crippen LogP) is -6.79. The van der Waals surface area contributed by atoms with Crippen LogP contribution in [0.25, 0.3) is 21.5 Å². The number of fused-ring (bicyclic) bond motifs is 2. The summed E-state index contributed by atoms with van der Waals surface area (Å²) in [6, 6.07) is 11.2. The molecule has 4 aromatic rings. The summed E-state index contributed by atoms with van der Waals surface area (Å²) in [6.07, 6.45) is 0. The normalized spacial score (nSPS) is 12.1. The van der Waals surface area contributed by atoms with Gasteiger partial charge in [-0.05, 0) is 35.7 Å². The molecule has 0 spiro atoms. The average Bonchev–Trinajstić information content (AvgIpc) is 2.75. The van der Waals surface area contributed by atoms with Crippen molar-refractivity contribution in [1.82, 2.24) is 0 Å². The summed E-state index contributed by atoms with van der Waals surface area (Å²) < 4.78 is 104. The van der Waals surface area contributed by atoms with Crippen LogP contribution in [0, 0.1) is 0 Å². The molecule has 0 aliphatic carbocycles. The second-order valence-electron chi connectivity index (χ2n) is 7.13. The summed E-state index contributed by atoms with van der Waals surface area (Å²) in [4.78, 5) is -2.49. The van der Waals surface area contributed by atoms with Crippen LogP contribution in [0.1, 0.15) is 0 Å². The Morgan fingerprint density at radius 1 is 0.579 bits per heavy atom. The maximum atomic E-state index is 12.7. The van der Waals surface area contributed by atoms with Gasteiger partial charge in [0, 0.05) is 21.1 Å². The molecular formula is C20H10N2Na3O10S3-. The quantitative estimate of drug-likeness (QED) is 0.119. The summed E-state index contributed by atoms with van der Waals surface area (Å²) in [6.45, 7) is 0. The molecule has 0 saturated carbocycles. The molecule has 0 aliphatic rings. The van der Waals surface area contributed by atoms with Crippen LogP contribution in [-0.4, -0.2) is 38.9 Å². The Hall–Kier alpha value is -0.470. The van der Waals surface area contributed by atoms with E-state index in [0.717, 1.165) is 30.3 Å². The Kier molecular flexibility index (Phi) is 12.2. The number of hydrogen-bond acceptors (Lipinski definition) is 12. The van der Waals surface area contributed by atoms with Gasteiger partial charge in [-0.3, -0.25) is 0 Å². The van der Waals surface area contributed by atoms with Crippen LogP contribution in [0.15, 0.2) is 85.6 Å². The van der Waals surface area contributed by atoms with Gasteiger partial charge in [0.1, 0.15) is 30.4 Å². The van der Waals surface area contributed by atoms with E-state index in [4.69, 9.17) is 0 Å². The molecule has 0 bridgehead atoms. The molecule has 0 radical (unpaired) electrons. The molecule has 182 valence electrons. The van der Waals surface area contributed by atoms with E-state index in [1.807, 2.05) is 0 Å². The summed E-state index contributed by atoms with van der Waals surface area (Å²) >= 11 is 0. The molecule has 0 saturated heterocycles. The van der Waals surface area contributed by atoms with E-state index in [2.05, 4.69) is 10.2 Å². The van der Waals surface area contributed by atoms with Gasteiger partial charge in [0.15, 0.2) is 0 Å². The topological polar surface area (TPSA) is 219 Å². The molecule has 0 heterocycles. The molecular weight excluding hydrogens is 593 g/mol. The van der Waals surface area contributed by atoms with Crippen molar-refractivity contribution in [3.8, 4) is 5.75 Å². The van der Waals surface area contributed by atoms with Gasteiger partial charge in [-0.1, -0.05) is 36.1 Å². The van der Waals surface area contributed by atoms with Gasteiger partial charge >= 0.3 is 88.7 Å². The molecule has 0 unspecified atom stereocenters. The zero-order chi connectivity index (χ0) is 25.8. The van der Waals surface area contributed by atoms with Crippen LogP contribution in [0.3, 0.4) is 0 Å². The molecule has 0 atom stereocenters. The first-order valence-electron chi connectivity index (χ1n) is 9.27. The van der Waals surface area contributed by atoms with Gasteiger partial charge in [0.05, 0.1) is 21.2 Å². The molecule has 0 fully saturated rings. The van der Waals surface area contributed by atoms with E-state index in [0.29, 0.717) is 6.07 Å². The molecule has 0 amide bonds. The predicted molar refractivity (Wildman–Crippen MR) is 115 cm³/mol. The maximum absolute atomic E-state index is 12.7. The van der Waals surface area contributed by atoms with Crippen molar-refractivity contribution in [3.63, 3.8) is 0 Å². The molecule has 0 aromatic heterocycles. The minimum absolute atomic E-state index is 0. The van der Waals surface area contributed by atoms with Crippen LogP contribution >= 0.6 is 0 Å². The minimum atomic E-state index is -5.33. The SMILES string of the molecule is O=S(=O)([O-])c1ccc2c(N=Nc3ccc(S(=O)(=O)[O-])c4ccccc34)c([O-])c(S(=O)(=O)[O-])cc2c1.[Na+].[Na+].[Na+]. The third-order valence-electron chi connectivity index (χ3n) is 4.95. The fourth-order valence-corrected chi connectivity index (χ4v) is 5.21. The third-order valence-corrected chi connectivity index (χ3v) is 7.52. The van der Waals surface area contributed by atoms with Crippen molar-refractivity contribution < 1.29 is 133 Å². The zero-order valence-corrected chi connectivity index (χ0v) is 28.4. The Balaban J connectivity index is 0.00000241. The average molecular weight is 603 g/mol. The second kappa shape index (κ2) is 13.0. The van der Waals surface area contributed by atoms with Crippen molar-refractivity contribution in [2.75, 3.05) is 0 Å². The summed E-state index contributed by atoms with van der Waals surface area (Å²) in [5.74, 6) is -1.32. The van der Waals surface area contributed by atoms with Gasteiger partial charge in [-0.2, -0.15) is 5.11 Å². The van der Waals surface area contributed by atoms with Crippen molar-refractivity contribution >= 4 is 63.3 Å². The molecule has 4 rings (SSSR count). The standard InChI is InChI=1S/C20H14N2O10S3.3Na/c23-20-18(35(30,31)32)10-11-9-12(33(24,25)26)5-6-13(11)19(20)22-21-16-7-8-17(34(27,28)29)15-4-2-1-3-14(15)16;;;/h1-10,23H,(H,24,25,26)(H,27,28,29)(H,30,31,32);;;/q;3*+1/p-4. The van der Waals surface area contributed by atoms with Gasteiger partial charge in [-0.15, -0.1) is 5.11 Å². The van der Waals surface area contributed by atoms with Gasteiger partial charge in [0.25, 0.3) is 0 Å². The van der Waals surface area contributed by atoms with Gasteiger partial charge in [-0.25, -0.2) is 25.3 Å². The van der Waals surface area contributed by atoms with E-state index in [-0.39, 0.29) is 116 Å². The van der Waals surface area contributed by atoms with E-state index in [1.165, 1.54) is 24.3 Å². The van der Waals surface area contributed by atoms with Gasteiger partial charge in [0.2, 0.25) is 0 Å². The minimum Gasteiger partial charge on any atom is -0.870 e. The van der Waals surface area contributed by atoms with E-state index in [1.54, 1.807) is 0 Å². The number of benzene rings is 4. The van der Waals surface area contributed by atoms with E-state index < -0.39 is 56.5 Å². The van der Waals surface area contributed by atoms with Crippen molar-refractivity contribution in [1.29, 1.82) is 0 Å². The van der Waals surface area contributed by atoms with Crippen LogP contribution < -0.4 is 93.8 Å². The van der Waals surface area contributed by atoms with E-state index in [9.17, 15) is 44.0 Å². The summed E-state index contributed by atoms with van der Waals surface area (Å²) in [5.41, 5.74) is -0.647.